The van der Waals surface area contributed by atoms with E-state index in [0.29, 0.717) is 13.3 Å². The van der Waals surface area contributed by atoms with Gasteiger partial charge in [-0.15, -0.1) is 0 Å². The average molecular weight is 441 g/mol. The standard InChI is InChI=1S/C26H23N3O4/c30-20-11-15-28-23(24(20)31)25(32)27-17-29(28)22(18-7-2-1-3-8-18)19-9-4-5-10-21(19)33-16-6-12-26(27)13-14-26/h1-12,15,22,31H,13-14,16-17H2/b12-6+. The van der Waals surface area contributed by atoms with E-state index in [1.807, 2.05) is 71.8 Å². The number of aromatic hydroxyl groups is 1. The fraction of sp³-hybridized carbons (Fsp3) is 0.231. The summed E-state index contributed by atoms with van der Waals surface area (Å²) >= 11 is 0. The van der Waals surface area contributed by atoms with Gasteiger partial charge in [-0.3, -0.25) is 19.3 Å². The highest BCUT2D eigenvalue weighted by Crippen LogP contribution is 2.47. The molecule has 7 nitrogen and oxygen atoms in total. The maximum Gasteiger partial charge on any atom is 0.278 e. The zero-order valence-corrected chi connectivity index (χ0v) is 17.9. The number of aromatic nitrogens is 1. The van der Waals surface area contributed by atoms with Crippen molar-refractivity contribution in [2.75, 3.05) is 18.3 Å². The number of carbonyl (C=O) groups is 1. The van der Waals surface area contributed by atoms with Crippen LogP contribution in [0.25, 0.3) is 0 Å². The summed E-state index contributed by atoms with van der Waals surface area (Å²) in [5.41, 5.74) is 0.916. The van der Waals surface area contributed by atoms with E-state index in [2.05, 4.69) is 0 Å². The molecule has 166 valence electrons. The number of nitrogens with zero attached hydrogens (tertiary/aromatic N) is 3. The molecule has 1 spiro atoms. The Kier molecular flexibility index (Phi) is 4.33. The molecule has 2 aliphatic heterocycles. The van der Waals surface area contributed by atoms with Gasteiger partial charge in [-0.25, -0.2) is 0 Å². The Morgan fingerprint density at radius 2 is 1.73 bits per heavy atom. The van der Waals surface area contributed by atoms with Crippen molar-refractivity contribution in [1.82, 2.24) is 9.58 Å². The summed E-state index contributed by atoms with van der Waals surface area (Å²) in [5.74, 6) is -0.120. The molecule has 33 heavy (non-hydrogen) atoms. The SMILES string of the molecule is O=C1c2c(O)c(=O)ccn2N2CN1C1(/C=C/COc3ccccc3C2c2ccccc2)CC1. The lowest BCUT2D eigenvalue weighted by molar-refractivity contribution is 0.0606. The molecule has 3 aliphatic rings. The summed E-state index contributed by atoms with van der Waals surface area (Å²) in [6.45, 7) is 0.685. The first-order chi connectivity index (χ1) is 16.1. The van der Waals surface area contributed by atoms with Crippen LogP contribution in [-0.4, -0.2) is 39.4 Å². The second-order valence-corrected chi connectivity index (χ2v) is 8.70. The Labute approximate surface area is 190 Å². The van der Waals surface area contributed by atoms with Gasteiger partial charge in [0.15, 0.2) is 11.4 Å². The van der Waals surface area contributed by atoms with Crippen LogP contribution in [0.2, 0.25) is 0 Å². The monoisotopic (exact) mass is 441 g/mol. The lowest BCUT2D eigenvalue weighted by Gasteiger charge is -2.46. The number of amides is 1. The number of fused-ring (bicyclic) bond motifs is 6. The van der Waals surface area contributed by atoms with Gasteiger partial charge in [-0.1, -0.05) is 54.6 Å². The zero-order valence-electron chi connectivity index (χ0n) is 17.9. The van der Waals surface area contributed by atoms with Crippen molar-refractivity contribution < 1.29 is 14.6 Å². The summed E-state index contributed by atoms with van der Waals surface area (Å²) in [4.78, 5) is 27.7. The second kappa shape index (κ2) is 7.27. The Morgan fingerprint density at radius 1 is 0.970 bits per heavy atom. The molecule has 1 N–H and O–H groups in total. The third-order valence-corrected chi connectivity index (χ3v) is 6.75. The van der Waals surface area contributed by atoms with Crippen molar-refractivity contribution in [3.05, 3.63) is 106 Å². The molecule has 2 aromatic carbocycles. The van der Waals surface area contributed by atoms with Crippen LogP contribution in [0.4, 0.5) is 0 Å². The van der Waals surface area contributed by atoms with Gasteiger partial charge in [0.25, 0.3) is 5.91 Å². The molecule has 2 bridgehead atoms. The molecule has 1 fully saturated rings. The molecule has 0 saturated heterocycles. The smallest absolute Gasteiger partial charge is 0.278 e. The van der Waals surface area contributed by atoms with Gasteiger partial charge in [-0.05, 0) is 30.5 Å². The van der Waals surface area contributed by atoms with Crippen molar-refractivity contribution in [2.24, 2.45) is 0 Å². The molecular weight excluding hydrogens is 418 g/mol. The normalized spacial score (nSPS) is 21.5. The number of ether oxygens (including phenoxy) is 1. The van der Waals surface area contributed by atoms with E-state index in [4.69, 9.17) is 4.74 Å². The molecule has 1 atom stereocenters. The average Bonchev–Trinajstić information content (AvgIpc) is 3.62. The third kappa shape index (κ3) is 3.03. The van der Waals surface area contributed by atoms with Gasteiger partial charge in [0.2, 0.25) is 5.43 Å². The van der Waals surface area contributed by atoms with Gasteiger partial charge < -0.3 is 14.7 Å². The van der Waals surface area contributed by atoms with E-state index in [0.717, 1.165) is 29.7 Å². The minimum atomic E-state index is -0.568. The van der Waals surface area contributed by atoms with Crippen molar-refractivity contribution in [2.45, 2.75) is 24.4 Å². The molecular formula is C26H23N3O4. The van der Waals surface area contributed by atoms with Crippen molar-refractivity contribution in [3.8, 4) is 11.5 Å². The first kappa shape index (κ1) is 19.7. The summed E-state index contributed by atoms with van der Waals surface area (Å²) in [6.07, 6.45) is 7.20. The molecule has 1 amide bonds. The molecule has 0 radical (unpaired) electrons. The maximum absolute atomic E-state index is 13.6. The topological polar surface area (TPSA) is 75.0 Å². The van der Waals surface area contributed by atoms with E-state index in [9.17, 15) is 14.7 Å². The molecule has 1 aliphatic carbocycles. The van der Waals surface area contributed by atoms with Crippen LogP contribution in [0, 0.1) is 0 Å². The van der Waals surface area contributed by atoms with Gasteiger partial charge in [0.05, 0.1) is 5.54 Å². The van der Waals surface area contributed by atoms with Crippen LogP contribution >= 0.6 is 0 Å². The highest BCUT2D eigenvalue weighted by atomic mass is 16.5. The number of benzene rings is 2. The Bertz CT molecular complexity index is 1330. The molecule has 3 heterocycles. The number of pyridine rings is 1. The minimum Gasteiger partial charge on any atom is -0.502 e. The lowest BCUT2D eigenvalue weighted by Crippen LogP contribution is -2.58. The molecule has 6 rings (SSSR count). The van der Waals surface area contributed by atoms with Crippen molar-refractivity contribution in [3.63, 3.8) is 0 Å². The van der Waals surface area contributed by atoms with E-state index in [1.165, 1.54) is 6.07 Å². The van der Waals surface area contributed by atoms with Crippen LogP contribution in [0.5, 0.6) is 11.5 Å². The fourth-order valence-electron chi connectivity index (χ4n) is 4.93. The number of carbonyl (C=O) groups excluding carboxylic acids is 1. The van der Waals surface area contributed by atoms with Crippen LogP contribution in [-0.2, 0) is 0 Å². The van der Waals surface area contributed by atoms with Crippen LogP contribution in [0.15, 0.2) is 83.8 Å². The summed E-state index contributed by atoms with van der Waals surface area (Å²) < 4.78 is 7.80. The summed E-state index contributed by atoms with van der Waals surface area (Å²) in [6, 6.07) is 18.8. The maximum atomic E-state index is 13.6. The zero-order chi connectivity index (χ0) is 22.6. The minimum absolute atomic E-state index is 0.00741. The van der Waals surface area contributed by atoms with E-state index in [-0.39, 0.29) is 17.6 Å². The molecule has 7 heteroatoms. The van der Waals surface area contributed by atoms with Crippen LogP contribution < -0.4 is 15.2 Å². The van der Waals surface area contributed by atoms with Gasteiger partial charge in [0.1, 0.15) is 25.1 Å². The van der Waals surface area contributed by atoms with Gasteiger partial charge in [-0.2, -0.15) is 0 Å². The molecule has 1 aromatic heterocycles. The third-order valence-electron chi connectivity index (χ3n) is 6.75. The number of para-hydroxylation sites is 1. The number of hydrogen-bond acceptors (Lipinski definition) is 5. The predicted molar refractivity (Wildman–Crippen MR) is 123 cm³/mol. The van der Waals surface area contributed by atoms with Crippen molar-refractivity contribution >= 4 is 5.91 Å². The largest absolute Gasteiger partial charge is 0.502 e. The fourth-order valence-corrected chi connectivity index (χ4v) is 4.93. The predicted octanol–water partition coefficient (Wildman–Crippen LogP) is 3.18. The van der Waals surface area contributed by atoms with E-state index >= 15 is 0 Å². The van der Waals surface area contributed by atoms with Gasteiger partial charge >= 0.3 is 0 Å². The molecule has 1 unspecified atom stereocenters. The first-order valence-electron chi connectivity index (χ1n) is 11.1. The Morgan fingerprint density at radius 3 is 2.52 bits per heavy atom. The van der Waals surface area contributed by atoms with E-state index < -0.39 is 16.7 Å². The van der Waals surface area contributed by atoms with Crippen LogP contribution in [0.1, 0.15) is 40.5 Å². The van der Waals surface area contributed by atoms with Crippen LogP contribution in [0.3, 0.4) is 0 Å². The first-order valence-corrected chi connectivity index (χ1v) is 11.1. The Balaban J connectivity index is 1.65. The number of rotatable bonds is 1. The lowest BCUT2D eigenvalue weighted by atomic mass is 9.97. The quantitative estimate of drug-likeness (QED) is 0.587. The second-order valence-electron chi connectivity index (χ2n) is 8.70. The number of hydrogen-bond donors (Lipinski definition) is 1. The van der Waals surface area contributed by atoms with E-state index in [1.54, 1.807) is 15.8 Å². The highest BCUT2D eigenvalue weighted by Gasteiger charge is 2.52. The summed E-state index contributed by atoms with van der Waals surface area (Å²) in [5, 5.41) is 12.7. The molecule has 1 saturated carbocycles. The van der Waals surface area contributed by atoms with Gasteiger partial charge in [0, 0.05) is 17.8 Å². The highest BCUT2D eigenvalue weighted by molar-refractivity contribution is 5.97. The Hall–Kier alpha value is -4.00. The molecule has 3 aromatic rings. The van der Waals surface area contributed by atoms with Crippen molar-refractivity contribution in [1.29, 1.82) is 0 Å². The summed E-state index contributed by atoms with van der Waals surface area (Å²) in [7, 11) is 0.